The molecule has 0 aliphatic carbocycles. The third-order valence-electron chi connectivity index (χ3n) is 10.9. The molecule has 0 saturated carbocycles. The smallest absolute Gasteiger partial charge is 0.256 e. The van der Waals surface area contributed by atoms with Gasteiger partial charge in [0.15, 0.2) is 0 Å². The number of amides is 1. The summed E-state index contributed by atoms with van der Waals surface area (Å²) in [6.07, 6.45) is 7.11. The number of aryl methyl sites for hydroxylation is 1. The molecule has 0 spiro atoms. The van der Waals surface area contributed by atoms with Gasteiger partial charge >= 0.3 is 0 Å². The zero-order valence-corrected chi connectivity index (χ0v) is 27.9. The number of hydrogen-bond acceptors (Lipinski definition) is 5. The van der Waals surface area contributed by atoms with E-state index in [-0.39, 0.29) is 5.82 Å². The van der Waals surface area contributed by atoms with E-state index in [1.54, 1.807) is 12.1 Å². The average molecular weight is 680 g/mol. The molecular formula is C36H40F3N5O3S. The lowest BCUT2D eigenvalue weighted by atomic mass is 9.70. The van der Waals surface area contributed by atoms with E-state index >= 15 is 0 Å². The summed E-state index contributed by atoms with van der Waals surface area (Å²) in [6.45, 7) is 3.53. The minimum absolute atomic E-state index is 0.295. The number of carbonyl (C=O) groups excluding carboxylic acids is 1. The monoisotopic (exact) mass is 679 g/mol. The lowest BCUT2D eigenvalue weighted by molar-refractivity contribution is 0.0602. The van der Waals surface area contributed by atoms with Crippen LogP contribution in [0.3, 0.4) is 0 Å². The summed E-state index contributed by atoms with van der Waals surface area (Å²) < 4.78 is 71.6. The van der Waals surface area contributed by atoms with Gasteiger partial charge in [-0.1, -0.05) is 24.3 Å². The molecule has 3 saturated heterocycles. The average Bonchev–Trinajstić information content (AvgIpc) is 3.50. The number of halogens is 3. The summed E-state index contributed by atoms with van der Waals surface area (Å²) in [5, 5.41) is 0. The molecule has 2 bridgehead atoms. The van der Waals surface area contributed by atoms with E-state index in [0.29, 0.717) is 50.1 Å². The summed E-state index contributed by atoms with van der Waals surface area (Å²) in [7, 11) is -3.85. The van der Waals surface area contributed by atoms with Crippen molar-refractivity contribution < 1.29 is 26.4 Å². The van der Waals surface area contributed by atoms with Crippen LogP contribution in [0, 0.1) is 24.4 Å². The number of piperidine rings is 2. The SMILES string of the molecule is Cc1nc2ccccc2n1C1C[C@H]2CC[C@@H](C1)N2CCC1(c2cccc(F)c2)CCN(C(=O)c2cc(NS(C)(=O)=O)c(F)cc2F)CC1. The molecule has 0 radical (unpaired) electrons. The van der Waals surface area contributed by atoms with E-state index in [1.807, 2.05) is 16.9 Å². The van der Waals surface area contributed by atoms with Crippen molar-refractivity contribution in [1.82, 2.24) is 19.4 Å². The van der Waals surface area contributed by atoms with Crippen molar-refractivity contribution in [2.75, 3.05) is 30.6 Å². The molecule has 48 heavy (non-hydrogen) atoms. The molecule has 12 heteroatoms. The Morgan fingerprint density at radius 3 is 2.33 bits per heavy atom. The first-order valence-electron chi connectivity index (χ1n) is 16.6. The Balaban J connectivity index is 1.08. The van der Waals surface area contributed by atoms with Crippen LogP contribution in [0.4, 0.5) is 18.9 Å². The van der Waals surface area contributed by atoms with Gasteiger partial charge in [-0.25, -0.2) is 26.6 Å². The van der Waals surface area contributed by atoms with Gasteiger partial charge in [0.1, 0.15) is 23.3 Å². The van der Waals surface area contributed by atoms with E-state index in [9.17, 15) is 26.4 Å². The fourth-order valence-electron chi connectivity index (χ4n) is 8.59. The lowest BCUT2D eigenvalue weighted by Gasteiger charge is -2.45. The molecule has 1 unspecified atom stereocenters. The second-order valence-electron chi connectivity index (χ2n) is 13.8. The highest BCUT2D eigenvalue weighted by Crippen LogP contribution is 2.45. The van der Waals surface area contributed by atoms with Crippen LogP contribution in [0.15, 0.2) is 60.7 Å². The maximum absolute atomic E-state index is 14.8. The second kappa shape index (κ2) is 12.5. The molecule has 4 aromatic rings. The number of anilines is 1. The highest BCUT2D eigenvalue weighted by atomic mass is 32.2. The molecule has 1 N–H and O–H groups in total. The van der Waals surface area contributed by atoms with E-state index in [2.05, 4.69) is 34.6 Å². The zero-order valence-electron chi connectivity index (χ0n) is 27.1. The number of carbonyl (C=O) groups is 1. The number of likely N-dealkylation sites (tertiary alicyclic amines) is 1. The molecule has 3 aliphatic rings. The number of fused-ring (bicyclic) bond motifs is 3. The highest BCUT2D eigenvalue weighted by molar-refractivity contribution is 7.92. The Bertz CT molecular complexity index is 1960. The number of para-hydroxylation sites is 2. The Kier molecular flexibility index (Phi) is 8.52. The maximum atomic E-state index is 14.8. The molecule has 7 rings (SSSR count). The number of hydrogen-bond donors (Lipinski definition) is 1. The second-order valence-corrected chi connectivity index (χ2v) is 15.5. The van der Waals surface area contributed by atoms with Crippen molar-refractivity contribution in [3.8, 4) is 0 Å². The molecule has 3 aromatic carbocycles. The lowest BCUT2D eigenvalue weighted by Crippen LogP contribution is -2.49. The maximum Gasteiger partial charge on any atom is 0.256 e. The zero-order chi connectivity index (χ0) is 33.8. The van der Waals surface area contributed by atoms with Gasteiger partial charge in [-0.2, -0.15) is 0 Å². The van der Waals surface area contributed by atoms with Gasteiger partial charge in [0, 0.05) is 37.3 Å². The first kappa shape index (κ1) is 32.6. The van der Waals surface area contributed by atoms with Crippen LogP contribution in [0.5, 0.6) is 0 Å². The number of aromatic nitrogens is 2. The van der Waals surface area contributed by atoms with Gasteiger partial charge in [-0.3, -0.25) is 14.4 Å². The highest BCUT2D eigenvalue weighted by Gasteiger charge is 2.44. The number of nitrogens with one attached hydrogen (secondary N) is 1. The van der Waals surface area contributed by atoms with Crippen molar-refractivity contribution in [1.29, 1.82) is 0 Å². The van der Waals surface area contributed by atoms with E-state index in [0.717, 1.165) is 67.9 Å². The topological polar surface area (TPSA) is 87.5 Å². The Morgan fingerprint density at radius 1 is 0.938 bits per heavy atom. The normalized spacial score (nSPS) is 22.7. The van der Waals surface area contributed by atoms with Crippen molar-refractivity contribution in [3.05, 3.63) is 95.1 Å². The van der Waals surface area contributed by atoms with Gasteiger partial charge in [0.25, 0.3) is 5.91 Å². The van der Waals surface area contributed by atoms with Crippen LogP contribution in [0.25, 0.3) is 11.0 Å². The summed E-state index contributed by atoms with van der Waals surface area (Å²) in [6, 6.07) is 17.7. The van der Waals surface area contributed by atoms with Crippen LogP contribution >= 0.6 is 0 Å². The number of nitrogens with zero attached hydrogens (tertiary/aromatic N) is 4. The van der Waals surface area contributed by atoms with Crippen LogP contribution in [-0.4, -0.2) is 71.6 Å². The Hall–Kier alpha value is -3.90. The van der Waals surface area contributed by atoms with Gasteiger partial charge in [-0.05, 0) is 99.7 Å². The molecule has 8 nitrogen and oxygen atoms in total. The van der Waals surface area contributed by atoms with Crippen molar-refractivity contribution >= 4 is 32.7 Å². The molecule has 3 fully saturated rings. The standard InChI is InChI=1S/C36H40F3N5O3S/c1-23-40-32-8-3-4-9-34(32)44(23)28-19-26-10-11-27(20-28)43(26)17-14-36(24-6-5-7-25(37)18-24)12-15-42(16-13-36)35(45)29-21-33(41-48(2,46)47)31(39)22-30(29)38/h3-9,18,21-22,26-28,41H,10-17,19-20H2,1-2H3/t26-,27+,28?. The number of imidazole rings is 1. The number of sulfonamides is 1. The van der Waals surface area contributed by atoms with Crippen LogP contribution in [-0.2, 0) is 15.4 Å². The predicted molar refractivity (Wildman–Crippen MR) is 179 cm³/mol. The molecular weight excluding hydrogens is 639 g/mol. The van der Waals surface area contributed by atoms with Crippen LogP contribution in [0.2, 0.25) is 0 Å². The number of rotatable bonds is 8. The van der Waals surface area contributed by atoms with Gasteiger partial charge in [-0.15, -0.1) is 0 Å². The minimum Gasteiger partial charge on any atom is -0.338 e. The summed E-state index contributed by atoms with van der Waals surface area (Å²) >= 11 is 0. The predicted octanol–water partition coefficient (Wildman–Crippen LogP) is 6.57. The molecule has 3 atom stereocenters. The van der Waals surface area contributed by atoms with Gasteiger partial charge in [0.05, 0.1) is 28.5 Å². The van der Waals surface area contributed by atoms with Crippen molar-refractivity contribution in [3.63, 3.8) is 0 Å². The minimum atomic E-state index is -3.85. The summed E-state index contributed by atoms with van der Waals surface area (Å²) in [5.41, 5.74) is 1.83. The van der Waals surface area contributed by atoms with Gasteiger partial charge in [0.2, 0.25) is 10.0 Å². The van der Waals surface area contributed by atoms with E-state index in [1.165, 1.54) is 16.5 Å². The quantitative estimate of drug-likeness (QED) is 0.228. The molecule has 1 amide bonds. The first-order valence-corrected chi connectivity index (χ1v) is 18.5. The van der Waals surface area contributed by atoms with E-state index < -0.39 is 44.2 Å². The Labute approximate surface area is 279 Å². The largest absolute Gasteiger partial charge is 0.338 e. The summed E-state index contributed by atoms with van der Waals surface area (Å²) in [5.74, 6) is -2.07. The van der Waals surface area contributed by atoms with Crippen LogP contribution in [0.1, 0.15) is 72.7 Å². The van der Waals surface area contributed by atoms with E-state index in [4.69, 9.17) is 4.98 Å². The van der Waals surface area contributed by atoms with Crippen molar-refractivity contribution in [2.45, 2.75) is 75.4 Å². The third-order valence-corrected chi connectivity index (χ3v) is 11.5. The fourth-order valence-corrected chi connectivity index (χ4v) is 9.15. The third kappa shape index (κ3) is 6.20. The first-order chi connectivity index (χ1) is 22.9. The molecule has 3 aliphatic heterocycles. The number of benzene rings is 3. The van der Waals surface area contributed by atoms with Crippen LogP contribution < -0.4 is 4.72 Å². The van der Waals surface area contributed by atoms with Crippen molar-refractivity contribution in [2.24, 2.45) is 0 Å². The molecule has 4 heterocycles. The Morgan fingerprint density at radius 2 is 1.65 bits per heavy atom. The fraction of sp³-hybridized carbons (Fsp3) is 0.444. The summed E-state index contributed by atoms with van der Waals surface area (Å²) in [4.78, 5) is 22.5. The molecule has 254 valence electrons. The van der Waals surface area contributed by atoms with Gasteiger partial charge < -0.3 is 9.47 Å². The molecule has 1 aromatic heterocycles.